The van der Waals surface area contributed by atoms with E-state index in [1.165, 1.54) is 0 Å². The maximum absolute atomic E-state index is 11.8. The summed E-state index contributed by atoms with van der Waals surface area (Å²) in [5, 5.41) is 7.17. The third-order valence-electron chi connectivity index (χ3n) is 3.93. The van der Waals surface area contributed by atoms with E-state index in [1.54, 1.807) is 6.26 Å². The number of benzene rings is 1. The zero-order valence-corrected chi connectivity index (χ0v) is 13.2. The smallest absolute Gasteiger partial charge is 0.221 e. The van der Waals surface area contributed by atoms with Crippen molar-refractivity contribution in [3.05, 3.63) is 42.7 Å². The van der Waals surface area contributed by atoms with Gasteiger partial charge in [-0.2, -0.15) is 0 Å². The molecular weight excluding hydrogens is 304 g/mol. The van der Waals surface area contributed by atoms with E-state index in [0.29, 0.717) is 36.4 Å². The van der Waals surface area contributed by atoms with Crippen molar-refractivity contribution in [2.75, 3.05) is 11.9 Å². The number of para-hydroxylation sites is 1. The first kappa shape index (κ1) is 14.7. The number of hydrogen-bond donors (Lipinski definition) is 2. The van der Waals surface area contributed by atoms with Crippen LogP contribution in [0, 0.1) is 0 Å². The number of amides is 1. The lowest BCUT2D eigenvalue weighted by atomic mass is 10.2. The van der Waals surface area contributed by atoms with Crippen molar-refractivity contribution in [2.45, 2.75) is 25.3 Å². The molecule has 1 saturated carbocycles. The number of hydrogen-bond acceptors (Lipinski definition) is 5. The molecule has 4 rings (SSSR count). The molecule has 3 aromatic rings. The lowest BCUT2D eigenvalue weighted by Crippen LogP contribution is -2.27. The predicted octanol–water partition coefficient (Wildman–Crippen LogP) is 2.97. The molecule has 0 saturated heterocycles. The Balaban J connectivity index is 1.55. The highest BCUT2D eigenvalue weighted by molar-refractivity contribution is 5.90. The van der Waals surface area contributed by atoms with Crippen molar-refractivity contribution >= 4 is 22.6 Å². The van der Waals surface area contributed by atoms with Crippen LogP contribution in [0.5, 0.6) is 0 Å². The van der Waals surface area contributed by atoms with Gasteiger partial charge in [0, 0.05) is 24.4 Å². The van der Waals surface area contributed by atoms with Gasteiger partial charge in [-0.1, -0.05) is 12.1 Å². The van der Waals surface area contributed by atoms with E-state index < -0.39 is 0 Å². The van der Waals surface area contributed by atoms with Gasteiger partial charge in [0.05, 0.1) is 11.8 Å². The molecule has 0 unspecified atom stereocenters. The minimum atomic E-state index is 0.0784. The molecule has 1 amide bonds. The number of carbonyl (C=O) groups excluding carboxylic acids is 1. The molecule has 2 N–H and O–H groups in total. The molecule has 1 aliphatic rings. The predicted molar refractivity (Wildman–Crippen MR) is 91.5 cm³/mol. The summed E-state index contributed by atoms with van der Waals surface area (Å²) in [5.74, 6) is 1.94. The SMILES string of the molecule is O=C(CCNc1nc(-c2ccco2)nc2ccccc12)NC1CC1. The molecule has 0 atom stereocenters. The van der Waals surface area contributed by atoms with Crippen LogP contribution in [-0.2, 0) is 4.79 Å². The number of carbonyl (C=O) groups is 1. The fourth-order valence-electron chi connectivity index (χ4n) is 2.55. The van der Waals surface area contributed by atoms with E-state index in [2.05, 4.69) is 20.6 Å². The average Bonchev–Trinajstić information content (AvgIpc) is 3.23. The number of furan rings is 1. The van der Waals surface area contributed by atoms with Gasteiger partial charge in [-0.05, 0) is 37.1 Å². The lowest BCUT2D eigenvalue weighted by Gasteiger charge is -2.10. The van der Waals surface area contributed by atoms with Gasteiger partial charge in [-0.3, -0.25) is 4.79 Å². The number of anilines is 1. The first-order valence-corrected chi connectivity index (χ1v) is 8.13. The zero-order chi connectivity index (χ0) is 16.4. The van der Waals surface area contributed by atoms with Crippen molar-refractivity contribution in [3.8, 4) is 11.6 Å². The lowest BCUT2D eigenvalue weighted by molar-refractivity contribution is -0.120. The number of nitrogens with one attached hydrogen (secondary N) is 2. The van der Waals surface area contributed by atoms with E-state index in [4.69, 9.17) is 4.42 Å². The average molecular weight is 322 g/mol. The fourth-order valence-corrected chi connectivity index (χ4v) is 2.55. The number of nitrogens with zero attached hydrogens (tertiary/aromatic N) is 2. The minimum absolute atomic E-state index is 0.0784. The third kappa shape index (κ3) is 3.22. The summed E-state index contributed by atoms with van der Waals surface area (Å²) in [6, 6.07) is 11.8. The first-order valence-electron chi connectivity index (χ1n) is 8.13. The summed E-state index contributed by atoms with van der Waals surface area (Å²) >= 11 is 0. The van der Waals surface area contributed by atoms with Crippen LogP contribution in [-0.4, -0.2) is 28.5 Å². The monoisotopic (exact) mass is 322 g/mol. The maximum Gasteiger partial charge on any atom is 0.221 e. The van der Waals surface area contributed by atoms with E-state index in [1.807, 2.05) is 36.4 Å². The van der Waals surface area contributed by atoms with Crippen LogP contribution in [0.25, 0.3) is 22.5 Å². The molecule has 0 spiro atoms. The van der Waals surface area contributed by atoms with Crippen molar-refractivity contribution in [1.82, 2.24) is 15.3 Å². The Bertz CT molecular complexity index is 857. The second kappa shape index (κ2) is 6.31. The van der Waals surface area contributed by atoms with Crippen molar-refractivity contribution in [1.29, 1.82) is 0 Å². The van der Waals surface area contributed by atoms with Crippen LogP contribution >= 0.6 is 0 Å². The second-order valence-electron chi connectivity index (χ2n) is 5.91. The molecule has 24 heavy (non-hydrogen) atoms. The largest absolute Gasteiger partial charge is 0.461 e. The highest BCUT2D eigenvalue weighted by Crippen LogP contribution is 2.25. The number of fused-ring (bicyclic) bond motifs is 1. The number of rotatable bonds is 6. The topological polar surface area (TPSA) is 80.1 Å². The molecule has 0 radical (unpaired) electrons. The van der Waals surface area contributed by atoms with Gasteiger partial charge >= 0.3 is 0 Å². The van der Waals surface area contributed by atoms with Gasteiger partial charge in [0.15, 0.2) is 11.6 Å². The Morgan fingerprint density at radius 3 is 2.83 bits per heavy atom. The highest BCUT2D eigenvalue weighted by Gasteiger charge is 2.22. The summed E-state index contributed by atoms with van der Waals surface area (Å²) < 4.78 is 5.40. The first-order chi connectivity index (χ1) is 11.8. The van der Waals surface area contributed by atoms with E-state index in [-0.39, 0.29) is 5.91 Å². The molecule has 6 heteroatoms. The molecule has 0 bridgehead atoms. The van der Waals surface area contributed by atoms with Gasteiger partial charge in [-0.15, -0.1) is 0 Å². The van der Waals surface area contributed by atoms with Gasteiger partial charge in [-0.25, -0.2) is 9.97 Å². The zero-order valence-electron chi connectivity index (χ0n) is 13.2. The van der Waals surface area contributed by atoms with Gasteiger partial charge in [0.1, 0.15) is 5.82 Å². The third-order valence-corrected chi connectivity index (χ3v) is 3.93. The Morgan fingerprint density at radius 1 is 1.17 bits per heavy atom. The molecule has 2 heterocycles. The summed E-state index contributed by atoms with van der Waals surface area (Å²) in [4.78, 5) is 20.9. The van der Waals surface area contributed by atoms with Crippen molar-refractivity contribution in [3.63, 3.8) is 0 Å². The molecule has 1 aromatic carbocycles. The Labute approximate surface area is 139 Å². The molecule has 1 aliphatic carbocycles. The summed E-state index contributed by atoms with van der Waals surface area (Å²) in [6.45, 7) is 0.525. The quantitative estimate of drug-likeness (QED) is 0.729. The summed E-state index contributed by atoms with van der Waals surface area (Å²) in [6.07, 6.45) is 4.22. The maximum atomic E-state index is 11.8. The van der Waals surface area contributed by atoms with Gasteiger partial charge < -0.3 is 15.1 Å². The second-order valence-corrected chi connectivity index (χ2v) is 5.91. The standard InChI is InChI=1S/C18H18N4O2/c23-16(20-12-7-8-12)9-10-19-17-13-4-1-2-5-14(13)21-18(22-17)15-6-3-11-24-15/h1-6,11-12H,7-10H2,(H,20,23)(H,19,21,22). The summed E-state index contributed by atoms with van der Waals surface area (Å²) in [7, 11) is 0. The van der Waals surface area contributed by atoms with E-state index >= 15 is 0 Å². The molecule has 2 aromatic heterocycles. The normalized spacial score (nSPS) is 13.8. The highest BCUT2D eigenvalue weighted by atomic mass is 16.3. The van der Waals surface area contributed by atoms with E-state index in [0.717, 1.165) is 23.7 Å². The van der Waals surface area contributed by atoms with Crippen LogP contribution in [0.2, 0.25) is 0 Å². The Hall–Kier alpha value is -2.89. The fraction of sp³-hybridized carbons (Fsp3) is 0.278. The minimum Gasteiger partial charge on any atom is -0.461 e. The van der Waals surface area contributed by atoms with Crippen molar-refractivity contribution < 1.29 is 9.21 Å². The molecule has 0 aliphatic heterocycles. The Morgan fingerprint density at radius 2 is 2.04 bits per heavy atom. The van der Waals surface area contributed by atoms with Gasteiger partial charge in [0.25, 0.3) is 0 Å². The van der Waals surface area contributed by atoms with Crippen LogP contribution in [0.15, 0.2) is 47.1 Å². The van der Waals surface area contributed by atoms with Gasteiger partial charge in [0.2, 0.25) is 5.91 Å². The molecule has 1 fully saturated rings. The van der Waals surface area contributed by atoms with Crippen molar-refractivity contribution in [2.24, 2.45) is 0 Å². The van der Waals surface area contributed by atoms with Crippen LogP contribution in [0.3, 0.4) is 0 Å². The molecule has 6 nitrogen and oxygen atoms in total. The number of aromatic nitrogens is 2. The van der Waals surface area contributed by atoms with E-state index in [9.17, 15) is 4.79 Å². The molecule has 122 valence electrons. The van der Waals surface area contributed by atoms with Crippen LogP contribution in [0.1, 0.15) is 19.3 Å². The van der Waals surface area contributed by atoms with Crippen LogP contribution in [0.4, 0.5) is 5.82 Å². The Kier molecular flexibility index (Phi) is 3.86. The molecular formula is C18H18N4O2. The van der Waals surface area contributed by atoms with Crippen LogP contribution < -0.4 is 10.6 Å². The summed E-state index contributed by atoms with van der Waals surface area (Å²) in [5.41, 5.74) is 0.837.